The van der Waals surface area contributed by atoms with E-state index in [0.717, 1.165) is 15.6 Å². The fourth-order valence-electron chi connectivity index (χ4n) is 2.06. The highest BCUT2D eigenvalue weighted by Gasteiger charge is 2.04. The van der Waals surface area contributed by atoms with Gasteiger partial charge in [-0.2, -0.15) is 0 Å². The van der Waals surface area contributed by atoms with Gasteiger partial charge < -0.3 is 4.90 Å². The van der Waals surface area contributed by atoms with E-state index >= 15 is 0 Å². The van der Waals surface area contributed by atoms with Crippen LogP contribution in [0.1, 0.15) is 36.5 Å². The van der Waals surface area contributed by atoms with E-state index in [1.54, 1.807) is 0 Å². The Kier molecular flexibility index (Phi) is 5.09. The highest BCUT2D eigenvalue weighted by molar-refractivity contribution is 9.10. The first-order chi connectivity index (χ1) is 9.97. The lowest BCUT2D eigenvalue weighted by Crippen LogP contribution is -2.07. The zero-order chi connectivity index (χ0) is 15.4. The maximum absolute atomic E-state index is 3.63. The number of anilines is 1. The van der Waals surface area contributed by atoms with E-state index in [1.807, 2.05) is 14.1 Å². The molecule has 0 unspecified atom stereocenters. The van der Waals surface area contributed by atoms with Gasteiger partial charge >= 0.3 is 0 Å². The molecule has 0 heterocycles. The maximum atomic E-state index is 3.63. The molecule has 0 N–H and O–H groups in total. The summed E-state index contributed by atoms with van der Waals surface area (Å²) < 4.78 is 1.13. The lowest BCUT2D eigenvalue weighted by Gasteiger charge is -2.11. The van der Waals surface area contributed by atoms with Crippen LogP contribution in [-0.2, 0) is 0 Å². The summed E-state index contributed by atoms with van der Waals surface area (Å²) in [6.07, 6.45) is 0. The molecule has 2 rings (SSSR count). The summed E-state index contributed by atoms with van der Waals surface area (Å²) in [5.41, 5.74) is 4.56. The van der Waals surface area contributed by atoms with Crippen LogP contribution in [0.15, 0.2) is 46.9 Å². The van der Waals surface area contributed by atoms with E-state index in [9.17, 15) is 0 Å². The molecule has 0 aliphatic rings. The fraction of sp³-hybridized carbons (Fsp3) is 0.263. The van der Waals surface area contributed by atoms with Crippen LogP contribution in [0.5, 0.6) is 0 Å². The summed E-state index contributed by atoms with van der Waals surface area (Å²) in [6.45, 7) is 4.38. The molecule has 0 amide bonds. The highest BCUT2D eigenvalue weighted by atomic mass is 79.9. The second kappa shape index (κ2) is 6.83. The zero-order valence-corrected chi connectivity index (χ0v) is 14.5. The third-order valence-electron chi connectivity index (χ3n) is 3.36. The van der Waals surface area contributed by atoms with Crippen molar-refractivity contribution >= 4 is 21.6 Å². The average Bonchev–Trinajstić information content (AvgIpc) is 2.45. The molecule has 0 saturated carbocycles. The number of nitrogens with zero attached hydrogens (tertiary/aromatic N) is 1. The van der Waals surface area contributed by atoms with Crippen molar-refractivity contribution in [3.05, 3.63) is 63.6 Å². The molecule has 0 aliphatic heterocycles. The van der Waals surface area contributed by atoms with Crippen molar-refractivity contribution in [1.82, 2.24) is 0 Å². The lowest BCUT2D eigenvalue weighted by molar-refractivity contribution is 0.860. The van der Waals surface area contributed by atoms with E-state index < -0.39 is 0 Å². The Balaban J connectivity index is 2.21. The molecule has 2 heteroatoms. The van der Waals surface area contributed by atoms with Crippen LogP contribution in [0.25, 0.3) is 0 Å². The van der Waals surface area contributed by atoms with Gasteiger partial charge in [-0.1, -0.05) is 47.7 Å². The van der Waals surface area contributed by atoms with Crippen LogP contribution in [0, 0.1) is 11.8 Å². The molecule has 0 aromatic heterocycles. The van der Waals surface area contributed by atoms with Crippen LogP contribution < -0.4 is 4.90 Å². The lowest BCUT2D eigenvalue weighted by atomic mass is 10.0. The molecule has 108 valence electrons. The minimum atomic E-state index is 0.514. The van der Waals surface area contributed by atoms with Gasteiger partial charge in [0.2, 0.25) is 0 Å². The monoisotopic (exact) mass is 341 g/mol. The third-order valence-corrected chi connectivity index (χ3v) is 4.04. The van der Waals surface area contributed by atoms with Crippen molar-refractivity contribution in [1.29, 1.82) is 0 Å². The van der Waals surface area contributed by atoms with Crippen molar-refractivity contribution in [2.24, 2.45) is 0 Å². The largest absolute Gasteiger partial charge is 0.378 e. The molecule has 0 bridgehead atoms. The van der Waals surface area contributed by atoms with Gasteiger partial charge in [-0.15, -0.1) is 0 Å². The van der Waals surface area contributed by atoms with Gasteiger partial charge in [-0.05, 0) is 47.9 Å². The zero-order valence-electron chi connectivity index (χ0n) is 12.9. The Morgan fingerprint density at radius 2 is 1.48 bits per heavy atom. The topological polar surface area (TPSA) is 3.24 Å². The first-order valence-corrected chi connectivity index (χ1v) is 7.85. The van der Waals surface area contributed by atoms with Gasteiger partial charge in [0, 0.05) is 35.4 Å². The highest BCUT2D eigenvalue weighted by Crippen LogP contribution is 2.25. The smallest absolute Gasteiger partial charge is 0.0361 e. The van der Waals surface area contributed by atoms with Crippen LogP contribution in [-0.4, -0.2) is 14.1 Å². The van der Waals surface area contributed by atoms with Crippen molar-refractivity contribution in [3.8, 4) is 11.8 Å². The molecule has 2 aromatic carbocycles. The minimum absolute atomic E-state index is 0.514. The summed E-state index contributed by atoms with van der Waals surface area (Å²) in [6, 6.07) is 14.6. The molecule has 0 atom stereocenters. The normalized spacial score (nSPS) is 10.2. The van der Waals surface area contributed by atoms with E-state index in [0.29, 0.717) is 5.92 Å². The standard InChI is InChI=1S/C19H20BrN/c1-14(2)18-12-9-16(13-19(18)20)6-5-15-7-10-17(11-8-15)21(3)4/h7-14H,1-4H3. The SMILES string of the molecule is CC(C)c1ccc(C#Cc2ccc(N(C)C)cc2)cc1Br. The molecule has 0 saturated heterocycles. The van der Waals surface area contributed by atoms with E-state index in [-0.39, 0.29) is 0 Å². The summed E-state index contributed by atoms with van der Waals surface area (Å²) in [5.74, 6) is 6.95. The molecule has 2 aromatic rings. The molecule has 0 aliphatic carbocycles. The maximum Gasteiger partial charge on any atom is 0.0361 e. The van der Waals surface area contributed by atoms with Crippen LogP contribution in [0.3, 0.4) is 0 Å². The summed E-state index contributed by atoms with van der Waals surface area (Å²) >= 11 is 3.63. The van der Waals surface area contributed by atoms with Gasteiger partial charge in [0.25, 0.3) is 0 Å². The van der Waals surface area contributed by atoms with Gasteiger partial charge in [0.05, 0.1) is 0 Å². The van der Waals surface area contributed by atoms with Crippen molar-refractivity contribution in [2.45, 2.75) is 19.8 Å². The predicted molar refractivity (Wildman–Crippen MR) is 95.0 cm³/mol. The number of halogens is 1. The molecule has 0 radical (unpaired) electrons. The van der Waals surface area contributed by atoms with E-state index in [1.165, 1.54) is 11.3 Å². The number of hydrogen-bond donors (Lipinski definition) is 0. The molecule has 0 spiro atoms. The van der Waals surface area contributed by atoms with Gasteiger partial charge in [-0.25, -0.2) is 0 Å². The first-order valence-electron chi connectivity index (χ1n) is 7.06. The van der Waals surface area contributed by atoms with E-state index in [2.05, 4.69) is 89.0 Å². The molecule has 0 fully saturated rings. The van der Waals surface area contributed by atoms with Crippen LogP contribution >= 0.6 is 15.9 Å². The van der Waals surface area contributed by atoms with Crippen molar-refractivity contribution < 1.29 is 0 Å². The number of rotatable bonds is 2. The molecule has 21 heavy (non-hydrogen) atoms. The van der Waals surface area contributed by atoms with Gasteiger partial charge in [-0.3, -0.25) is 0 Å². The number of benzene rings is 2. The molecular formula is C19H20BrN. The second-order valence-electron chi connectivity index (χ2n) is 5.58. The fourth-order valence-corrected chi connectivity index (χ4v) is 2.90. The average molecular weight is 342 g/mol. The Morgan fingerprint density at radius 1 is 0.905 bits per heavy atom. The Morgan fingerprint density at radius 3 is 2.00 bits per heavy atom. The summed E-state index contributed by atoms with van der Waals surface area (Å²) in [7, 11) is 4.07. The number of hydrogen-bond acceptors (Lipinski definition) is 1. The quantitative estimate of drug-likeness (QED) is 0.691. The Hall–Kier alpha value is -1.72. The minimum Gasteiger partial charge on any atom is -0.378 e. The van der Waals surface area contributed by atoms with Crippen molar-refractivity contribution in [2.75, 3.05) is 19.0 Å². The van der Waals surface area contributed by atoms with Gasteiger partial charge in [0.1, 0.15) is 0 Å². The van der Waals surface area contributed by atoms with Gasteiger partial charge in [0.15, 0.2) is 0 Å². The Bertz CT molecular complexity index is 673. The third kappa shape index (κ3) is 4.12. The van der Waals surface area contributed by atoms with E-state index in [4.69, 9.17) is 0 Å². The first kappa shape index (κ1) is 15.7. The molecule has 1 nitrogen and oxygen atoms in total. The predicted octanol–water partition coefficient (Wildman–Crippen LogP) is 5.04. The van der Waals surface area contributed by atoms with Crippen LogP contribution in [0.4, 0.5) is 5.69 Å². The van der Waals surface area contributed by atoms with Crippen LogP contribution in [0.2, 0.25) is 0 Å². The van der Waals surface area contributed by atoms with Crippen molar-refractivity contribution in [3.63, 3.8) is 0 Å². The molecular weight excluding hydrogens is 322 g/mol. The summed E-state index contributed by atoms with van der Waals surface area (Å²) in [5, 5.41) is 0. The summed E-state index contributed by atoms with van der Waals surface area (Å²) in [4.78, 5) is 2.08. The second-order valence-corrected chi connectivity index (χ2v) is 6.44. The Labute approximate surface area is 136 Å².